The van der Waals surface area contributed by atoms with Gasteiger partial charge < -0.3 is 11.1 Å². The molecule has 1 aliphatic heterocycles. The minimum Gasteiger partial charge on any atom is -0.399 e. The number of rotatable bonds is 5. The van der Waals surface area contributed by atoms with Crippen LogP contribution in [0.2, 0.25) is 0 Å². The van der Waals surface area contributed by atoms with Crippen LogP contribution in [0.25, 0.3) is 5.70 Å². The molecule has 3 rings (SSSR count). The Labute approximate surface area is 138 Å². The van der Waals surface area contributed by atoms with Crippen molar-refractivity contribution in [3.8, 4) is 0 Å². The molecule has 0 aliphatic carbocycles. The summed E-state index contributed by atoms with van der Waals surface area (Å²) in [6.07, 6.45) is 5.31. The van der Waals surface area contributed by atoms with E-state index in [1.54, 1.807) is 0 Å². The van der Waals surface area contributed by atoms with Crippen LogP contribution in [0.1, 0.15) is 35.0 Å². The van der Waals surface area contributed by atoms with Gasteiger partial charge >= 0.3 is 0 Å². The Morgan fingerprint density at radius 2 is 2.13 bits per heavy atom. The Morgan fingerprint density at radius 3 is 2.78 bits per heavy atom. The van der Waals surface area contributed by atoms with Crippen LogP contribution in [0.4, 0.5) is 5.69 Å². The second kappa shape index (κ2) is 6.70. The Kier molecular flexibility index (Phi) is 4.47. The van der Waals surface area contributed by atoms with Gasteiger partial charge in [0.1, 0.15) is 5.01 Å². The topological polar surface area (TPSA) is 93.3 Å². The molecule has 3 N–H and O–H groups in total. The fourth-order valence-electron chi connectivity index (χ4n) is 2.32. The highest BCUT2D eigenvalue weighted by Crippen LogP contribution is 2.28. The molecule has 118 valence electrons. The Balaban J connectivity index is 1.82. The maximum atomic E-state index is 11.5. The van der Waals surface area contributed by atoms with Crippen molar-refractivity contribution in [2.75, 3.05) is 5.73 Å². The molecule has 1 atom stereocenters. The number of nitrogen functional groups attached to an aromatic ring is 1. The lowest BCUT2D eigenvalue weighted by molar-refractivity contribution is -0.119. The predicted molar refractivity (Wildman–Crippen MR) is 92.1 cm³/mol. The Morgan fingerprint density at radius 1 is 1.35 bits per heavy atom. The molecule has 23 heavy (non-hydrogen) atoms. The molecular formula is C16H17N5OS. The van der Waals surface area contributed by atoms with Gasteiger partial charge in [-0.05, 0) is 24.1 Å². The Hall–Kier alpha value is -2.54. The number of nitrogens with zero attached hydrogens (tertiary/aromatic N) is 3. The van der Waals surface area contributed by atoms with Gasteiger partial charge in [0, 0.05) is 25.2 Å². The van der Waals surface area contributed by atoms with E-state index in [2.05, 4.69) is 20.5 Å². The molecule has 0 fully saturated rings. The van der Waals surface area contributed by atoms with Gasteiger partial charge in [0.2, 0.25) is 5.91 Å². The minimum absolute atomic E-state index is 0.0969. The van der Waals surface area contributed by atoms with Gasteiger partial charge in [0.05, 0.1) is 11.7 Å². The lowest BCUT2D eigenvalue weighted by Crippen LogP contribution is -2.27. The molecule has 2 aromatic rings. The quantitative estimate of drug-likeness (QED) is 0.824. The zero-order valence-electron chi connectivity index (χ0n) is 12.7. The lowest BCUT2D eigenvalue weighted by Gasteiger charge is -2.15. The van der Waals surface area contributed by atoms with Gasteiger partial charge in [0.25, 0.3) is 0 Å². The number of nitrogens with two attached hydrogens (primary N) is 1. The maximum Gasteiger partial charge on any atom is 0.217 e. The zero-order valence-corrected chi connectivity index (χ0v) is 13.5. The van der Waals surface area contributed by atoms with Gasteiger partial charge in [-0.3, -0.25) is 9.79 Å². The fraction of sp³-hybridized carbons (Fsp3) is 0.250. The van der Waals surface area contributed by atoms with Crippen LogP contribution in [0.3, 0.4) is 0 Å². The molecular weight excluding hydrogens is 310 g/mol. The van der Waals surface area contributed by atoms with E-state index in [4.69, 9.17) is 5.73 Å². The van der Waals surface area contributed by atoms with Crippen LogP contribution in [-0.2, 0) is 11.2 Å². The van der Waals surface area contributed by atoms with Gasteiger partial charge in [-0.25, -0.2) is 0 Å². The van der Waals surface area contributed by atoms with E-state index in [0.717, 1.165) is 27.7 Å². The summed E-state index contributed by atoms with van der Waals surface area (Å²) < 4.78 is 0. The zero-order chi connectivity index (χ0) is 16.2. The third kappa shape index (κ3) is 3.81. The number of hydrogen-bond acceptors (Lipinski definition) is 6. The highest BCUT2D eigenvalue weighted by molar-refractivity contribution is 7.12. The van der Waals surface area contributed by atoms with Crippen LogP contribution in [0, 0.1) is 0 Å². The normalized spacial score (nSPS) is 14.6. The number of hydrogen-bond donors (Lipinski definition) is 2. The number of nitrogens with one attached hydrogen (secondary N) is 1. The molecule has 1 amide bonds. The van der Waals surface area contributed by atoms with Gasteiger partial charge in [-0.15, -0.1) is 10.2 Å². The number of carbonyl (C=O) groups is 1. The summed E-state index contributed by atoms with van der Waals surface area (Å²) in [4.78, 5) is 15.8. The second-order valence-electron chi connectivity index (χ2n) is 5.28. The molecule has 1 aromatic heterocycles. The molecule has 0 radical (unpaired) electrons. The molecule has 6 nitrogen and oxygen atoms in total. The van der Waals surface area contributed by atoms with Crippen LogP contribution in [-0.4, -0.2) is 22.3 Å². The highest BCUT2D eigenvalue weighted by Gasteiger charge is 2.20. The fourth-order valence-corrected chi connectivity index (χ4v) is 3.21. The van der Waals surface area contributed by atoms with Crippen LogP contribution < -0.4 is 11.1 Å². The molecule has 0 unspecified atom stereocenters. The molecule has 1 aliphatic rings. The van der Waals surface area contributed by atoms with E-state index >= 15 is 0 Å². The molecule has 7 heteroatoms. The van der Waals surface area contributed by atoms with Crippen molar-refractivity contribution in [1.29, 1.82) is 0 Å². The number of allylic oxidation sites excluding steroid dienone is 1. The number of anilines is 1. The monoisotopic (exact) mass is 327 g/mol. The number of benzene rings is 1. The lowest BCUT2D eigenvalue weighted by atomic mass is 10.1. The van der Waals surface area contributed by atoms with Crippen LogP contribution in [0.5, 0.6) is 0 Å². The largest absolute Gasteiger partial charge is 0.399 e. The number of aliphatic imine (C=N–C) groups is 1. The average molecular weight is 327 g/mol. The third-order valence-electron chi connectivity index (χ3n) is 3.40. The van der Waals surface area contributed by atoms with Crippen molar-refractivity contribution >= 4 is 34.8 Å². The average Bonchev–Trinajstić information content (AvgIpc) is 3.19. The smallest absolute Gasteiger partial charge is 0.217 e. The van der Waals surface area contributed by atoms with E-state index in [-0.39, 0.29) is 11.9 Å². The summed E-state index contributed by atoms with van der Waals surface area (Å²) in [5.74, 6) is -0.0969. The molecule has 0 saturated heterocycles. The number of amides is 1. The Bertz CT molecular complexity index is 763. The first kappa shape index (κ1) is 15.4. The van der Waals surface area contributed by atoms with E-state index < -0.39 is 0 Å². The van der Waals surface area contributed by atoms with Crippen molar-refractivity contribution in [3.05, 3.63) is 45.9 Å². The van der Waals surface area contributed by atoms with E-state index in [1.165, 1.54) is 18.3 Å². The van der Waals surface area contributed by atoms with E-state index in [0.29, 0.717) is 12.1 Å². The second-order valence-corrected chi connectivity index (χ2v) is 6.29. The van der Waals surface area contributed by atoms with Gasteiger partial charge in [-0.2, -0.15) is 0 Å². The first-order valence-corrected chi connectivity index (χ1v) is 8.11. The van der Waals surface area contributed by atoms with Crippen molar-refractivity contribution in [3.63, 3.8) is 0 Å². The first-order chi connectivity index (χ1) is 11.1. The molecule has 0 bridgehead atoms. The van der Waals surface area contributed by atoms with Gasteiger partial charge in [-0.1, -0.05) is 29.5 Å². The first-order valence-electron chi connectivity index (χ1n) is 7.30. The van der Waals surface area contributed by atoms with E-state index in [9.17, 15) is 4.79 Å². The number of carbonyl (C=O) groups excluding carboxylic acids is 1. The summed E-state index contributed by atoms with van der Waals surface area (Å²) in [5.41, 5.74) is 8.36. The van der Waals surface area contributed by atoms with Crippen molar-refractivity contribution < 1.29 is 4.79 Å². The van der Waals surface area contributed by atoms with Gasteiger partial charge in [0.15, 0.2) is 5.01 Å². The van der Waals surface area contributed by atoms with E-state index in [1.807, 2.05) is 36.6 Å². The third-order valence-corrected chi connectivity index (χ3v) is 4.46. The minimum atomic E-state index is -0.214. The number of aromatic nitrogens is 2. The summed E-state index contributed by atoms with van der Waals surface area (Å²) in [6.45, 7) is 1.50. The highest BCUT2D eigenvalue weighted by atomic mass is 32.1. The summed E-state index contributed by atoms with van der Waals surface area (Å²) in [7, 11) is 0. The van der Waals surface area contributed by atoms with Crippen molar-refractivity contribution in [1.82, 2.24) is 15.5 Å². The molecule has 2 heterocycles. The SMILES string of the molecule is CC(=O)N[C@@H](Cc1ccc(N)cc1)c1nnc(C2=CCC=N2)s1. The molecule has 0 spiro atoms. The maximum absolute atomic E-state index is 11.5. The standard InChI is InChI=1S/C16H17N5OS/c1-10(22)19-14(9-11-4-6-12(17)7-5-11)16-21-20-15(23-16)13-3-2-8-18-13/h3-8,14H,2,9,17H2,1H3,(H,19,22)/t14-/m0/s1. The molecule has 0 saturated carbocycles. The van der Waals surface area contributed by atoms with Crippen LogP contribution >= 0.6 is 11.3 Å². The summed E-state index contributed by atoms with van der Waals surface area (Å²) in [5, 5.41) is 12.9. The summed E-state index contributed by atoms with van der Waals surface area (Å²) in [6, 6.07) is 7.40. The van der Waals surface area contributed by atoms with Crippen molar-refractivity contribution in [2.45, 2.75) is 25.8 Å². The predicted octanol–water partition coefficient (Wildman–Crippen LogP) is 2.36. The van der Waals surface area contributed by atoms with Crippen LogP contribution in [0.15, 0.2) is 35.3 Å². The van der Waals surface area contributed by atoms with Crippen molar-refractivity contribution in [2.24, 2.45) is 4.99 Å². The summed E-state index contributed by atoms with van der Waals surface area (Å²) >= 11 is 1.46. The molecule has 1 aromatic carbocycles.